The van der Waals surface area contributed by atoms with Gasteiger partial charge in [0.2, 0.25) is 5.91 Å². The standard InChI is InChI=1S/C23H38N2O3/c1-16-3-4-20(15-17(16)2)18-5-7-19(8-6-18)21(26)24-11-13-25(14-12-24)22(27)23(28)9-10-23/h16-20,28H,3-15H2,1-2H3. The summed E-state index contributed by atoms with van der Waals surface area (Å²) in [6.45, 7) is 7.20. The molecule has 158 valence electrons. The summed E-state index contributed by atoms with van der Waals surface area (Å²) in [5.74, 6) is 3.80. The van der Waals surface area contributed by atoms with Gasteiger partial charge < -0.3 is 14.9 Å². The number of nitrogens with zero attached hydrogens (tertiary/aromatic N) is 2. The Labute approximate surface area is 169 Å². The molecule has 0 aromatic rings. The average Bonchev–Trinajstić information content (AvgIpc) is 3.48. The molecule has 3 aliphatic carbocycles. The largest absolute Gasteiger partial charge is 0.380 e. The van der Waals surface area contributed by atoms with E-state index in [-0.39, 0.29) is 11.8 Å². The van der Waals surface area contributed by atoms with Crippen molar-refractivity contribution in [1.82, 2.24) is 9.80 Å². The van der Waals surface area contributed by atoms with Gasteiger partial charge in [-0.15, -0.1) is 0 Å². The highest BCUT2D eigenvalue weighted by molar-refractivity contribution is 5.88. The van der Waals surface area contributed by atoms with Crippen LogP contribution in [0.1, 0.15) is 71.6 Å². The van der Waals surface area contributed by atoms with Gasteiger partial charge in [0, 0.05) is 32.1 Å². The van der Waals surface area contributed by atoms with Gasteiger partial charge in [-0.2, -0.15) is 0 Å². The lowest BCUT2D eigenvalue weighted by Crippen LogP contribution is -2.54. The van der Waals surface area contributed by atoms with Gasteiger partial charge in [-0.25, -0.2) is 0 Å². The van der Waals surface area contributed by atoms with E-state index in [2.05, 4.69) is 13.8 Å². The van der Waals surface area contributed by atoms with Crippen molar-refractivity contribution in [2.75, 3.05) is 26.2 Å². The molecular formula is C23H38N2O3. The second-order valence-corrected chi connectivity index (χ2v) is 10.3. The van der Waals surface area contributed by atoms with Crippen LogP contribution in [0.3, 0.4) is 0 Å². The van der Waals surface area contributed by atoms with Gasteiger partial charge in [0.25, 0.3) is 5.91 Å². The zero-order chi connectivity index (χ0) is 19.9. The lowest BCUT2D eigenvalue weighted by Gasteiger charge is -2.41. The summed E-state index contributed by atoms with van der Waals surface area (Å²) in [7, 11) is 0. The summed E-state index contributed by atoms with van der Waals surface area (Å²) >= 11 is 0. The van der Waals surface area contributed by atoms with Gasteiger partial charge in [-0.1, -0.05) is 20.3 Å². The minimum atomic E-state index is -1.08. The first-order valence-electron chi connectivity index (χ1n) is 11.7. The molecule has 3 unspecified atom stereocenters. The maximum absolute atomic E-state index is 13.0. The number of aliphatic hydroxyl groups is 1. The van der Waals surface area contributed by atoms with Gasteiger partial charge in [0.1, 0.15) is 5.60 Å². The molecule has 0 radical (unpaired) electrons. The van der Waals surface area contributed by atoms with Crippen molar-refractivity contribution in [2.24, 2.45) is 29.6 Å². The monoisotopic (exact) mass is 390 g/mol. The van der Waals surface area contributed by atoms with E-state index in [1.54, 1.807) is 4.90 Å². The molecule has 28 heavy (non-hydrogen) atoms. The Morgan fingerprint density at radius 2 is 1.36 bits per heavy atom. The summed E-state index contributed by atoms with van der Waals surface area (Å²) in [5, 5.41) is 10.0. The summed E-state index contributed by atoms with van der Waals surface area (Å²) in [5.41, 5.74) is -1.08. The van der Waals surface area contributed by atoms with Gasteiger partial charge in [0.15, 0.2) is 0 Å². The third-order valence-electron chi connectivity index (χ3n) is 8.43. The first-order chi connectivity index (χ1) is 13.4. The minimum Gasteiger partial charge on any atom is -0.380 e. The third-order valence-corrected chi connectivity index (χ3v) is 8.43. The van der Waals surface area contributed by atoms with Gasteiger partial charge in [-0.05, 0) is 75.0 Å². The number of amides is 2. The van der Waals surface area contributed by atoms with Gasteiger partial charge >= 0.3 is 0 Å². The molecular weight excluding hydrogens is 352 g/mol. The van der Waals surface area contributed by atoms with Crippen LogP contribution in [0.15, 0.2) is 0 Å². The van der Waals surface area contributed by atoms with E-state index in [1.807, 2.05) is 4.90 Å². The molecule has 0 spiro atoms. The first-order valence-corrected chi connectivity index (χ1v) is 11.7. The van der Waals surface area contributed by atoms with Gasteiger partial charge in [0.05, 0.1) is 0 Å². The van der Waals surface area contributed by atoms with Crippen molar-refractivity contribution in [1.29, 1.82) is 0 Å². The predicted octanol–water partition coefficient (Wildman–Crippen LogP) is 3.06. The van der Waals surface area contributed by atoms with Crippen LogP contribution in [0.2, 0.25) is 0 Å². The lowest BCUT2D eigenvalue weighted by atomic mass is 9.66. The molecule has 2 amide bonds. The van der Waals surface area contributed by atoms with Crippen LogP contribution in [0.5, 0.6) is 0 Å². The molecule has 1 heterocycles. The number of piperazine rings is 1. The topological polar surface area (TPSA) is 60.9 Å². The zero-order valence-corrected chi connectivity index (χ0v) is 17.7. The zero-order valence-electron chi connectivity index (χ0n) is 17.7. The van der Waals surface area contributed by atoms with Crippen LogP contribution in [-0.4, -0.2) is 58.5 Å². The van der Waals surface area contributed by atoms with Crippen LogP contribution in [0.25, 0.3) is 0 Å². The van der Waals surface area contributed by atoms with E-state index in [1.165, 1.54) is 32.1 Å². The van der Waals surface area contributed by atoms with Crippen molar-refractivity contribution in [3.63, 3.8) is 0 Å². The molecule has 4 aliphatic rings. The molecule has 5 heteroatoms. The van der Waals surface area contributed by atoms with E-state index in [9.17, 15) is 14.7 Å². The van der Waals surface area contributed by atoms with Crippen molar-refractivity contribution in [3.05, 3.63) is 0 Å². The number of carbonyl (C=O) groups excluding carboxylic acids is 2. The highest BCUT2D eigenvalue weighted by Gasteiger charge is 2.50. The Hall–Kier alpha value is -1.10. The van der Waals surface area contributed by atoms with Crippen molar-refractivity contribution in [2.45, 2.75) is 77.2 Å². The third kappa shape index (κ3) is 4.10. The average molecular weight is 391 g/mol. The molecule has 3 saturated carbocycles. The molecule has 5 nitrogen and oxygen atoms in total. The highest BCUT2D eigenvalue weighted by atomic mass is 16.3. The van der Waals surface area contributed by atoms with Crippen LogP contribution in [-0.2, 0) is 9.59 Å². The predicted molar refractivity (Wildman–Crippen MR) is 108 cm³/mol. The van der Waals surface area contributed by atoms with Crippen LogP contribution >= 0.6 is 0 Å². The quantitative estimate of drug-likeness (QED) is 0.806. The number of rotatable bonds is 3. The Kier molecular flexibility index (Phi) is 5.74. The Balaban J connectivity index is 1.22. The summed E-state index contributed by atoms with van der Waals surface area (Å²) in [4.78, 5) is 29.0. The van der Waals surface area contributed by atoms with Crippen LogP contribution in [0, 0.1) is 29.6 Å². The molecule has 4 rings (SSSR count). The summed E-state index contributed by atoms with van der Waals surface area (Å²) < 4.78 is 0. The number of carbonyl (C=O) groups is 2. The van der Waals surface area contributed by atoms with Crippen molar-refractivity contribution in [3.8, 4) is 0 Å². The second-order valence-electron chi connectivity index (χ2n) is 10.3. The number of hydrogen-bond donors (Lipinski definition) is 1. The molecule has 1 saturated heterocycles. The molecule has 0 aromatic carbocycles. The van der Waals surface area contributed by atoms with E-state index >= 15 is 0 Å². The van der Waals surface area contributed by atoms with Crippen molar-refractivity contribution < 1.29 is 14.7 Å². The molecule has 3 atom stereocenters. The van der Waals surface area contributed by atoms with E-state index < -0.39 is 5.60 Å². The molecule has 0 aromatic heterocycles. The highest BCUT2D eigenvalue weighted by Crippen LogP contribution is 2.43. The summed E-state index contributed by atoms with van der Waals surface area (Å²) in [6, 6.07) is 0. The summed E-state index contributed by atoms with van der Waals surface area (Å²) in [6.07, 6.45) is 9.85. The van der Waals surface area contributed by atoms with Crippen LogP contribution < -0.4 is 0 Å². The first kappa shape index (κ1) is 20.2. The Morgan fingerprint density at radius 3 is 1.93 bits per heavy atom. The molecule has 1 aliphatic heterocycles. The fraction of sp³-hybridized carbons (Fsp3) is 0.913. The normalized spacial score (nSPS) is 38.2. The maximum atomic E-state index is 13.0. The van der Waals surface area contributed by atoms with E-state index in [0.717, 1.165) is 36.5 Å². The van der Waals surface area contributed by atoms with E-state index in [4.69, 9.17) is 0 Å². The van der Waals surface area contributed by atoms with Crippen LogP contribution in [0.4, 0.5) is 0 Å². The second kappa shape index (κ2) is 7.97. The van der Waals surface area contributed by atoms with Crippen molar-refractivity contribution >= 4 is 11.8 Å². The number of hydrogen-bond acceptors (Lipinski definition) is 3. The SMILES string of the molecule is CC1CCC(C2CCC(C(=O)N3CCN(C(=O)C4(O)CC4)CC3)CC2)CC1C. The lowest BCUT2D eigenvalue weighted by molar-refractivity contribution is -0.148. The Bertz CT molecular complexity index is 587. The fourth-order valence-corrected chi connectivity index (χ4v) is 5.87. The maximum Gasteiger partial charge on any atom is 0.254 e. The minimum absolute atomic E-state index is 0.129. The Morgan fingerprint density at radius 1 is 0.786 bits per heavy atom. The fourth-order valence-electron chi connectivity index (χ4n) is 5.87. The van der Waals surface area contributed by atoms with E-state index in [0.29, 0.717) is 44.9 Å². The molecule has 4 fully saturated rings. The molecule has 1 N–H and O–H groups in total. The molecule has 0 bridgehead atoms. The smallest absolute Gasteiger partial charge is 0.254 e. The van der Waals surface area contributed by atoms with Gasteiger partial charge in [-0.3, -0.25) is 9.59 Å².